The van der Waals surface area contributed by atoms with E-state index in [9.17, 15) is 0 Å². The molecule has 66 valence electrons. The molecule has 1 heterocycles. The van der Waals surface area contributed by atoms with E-state index in [4.69, 9.17) is 11.6 Å². The van der Waals surface area contributed by atoms with Gasteiger partial charge in [0.25, 0.3) is 0 Å². The number of thioether (sulfide) groups is 1. The molecule has 0 fully saturated rings. The van der Waals surface area contributed by atoms with Gasteiger partial charge in [-0.1, -0.05) is 17.7 Å². The van der Waals surface area contributed by atoms with Crippen LogP contribution in [0.15, 0.2) is 35.4 Å². The molecule has 0 aliphatic carbocycles. The first-order valence-corrected chi connectivity index (χ1v) is 5.50. The van der Waals surface area contributed by atoms with E-state index in [0.29, 0.717) is 0 Å². The number of hydrogen-bond donors (Lipinski definition) is 0. The van der Waals surface area contributed by atoms with Gasteiger partial charge in [0.05, 0.1) is 10.5 Å². The van der Waals surface area contributed by atoms with Gasteiger partial charge in [-0.3, -0.25) is 0 Å². The van der Waals surface area contributed by atoms with E-state index in [0.717, 1.165) is 21.0 Å². The minimum absolute atomic E-state index is 0.756. The Bertz CT molecular complexity index is 442. The van der Waals surface area contributed by atoms with Crippen LogP contribution in [0.5, 0.6) is 0 Å². The third-order valence-corrected chi connectivity index (χ3v) is 2.72. The van der Waals surface area contributed by atoms with Crippen molar-refractivity contribution in [3.63, 3.8) is 0 Å². The summed E-state index contributed by atoms with van der Waals surface area (Å²) in [7, 11) is 0. The van der Waals surface area contributed by atoms with Gasteiger partial charge >= 0.3 is 0 Å². The highest BCUT2D eigenvalue weighted by Gasteiger charge is 1.97. The molecule has 0 aliphatic rings. The molecule has 2 aromatic rings. The van der Waals surface area contributed by atoms with Gasteiger partial charge in [0.2, 0.25) is 0 Å². The maximum Gasteiger partial charge on any atom is 0.0964 e. The summed E-state index contributed by atoms with van der Waals surface area (Å²) in [6, 6.07) is 9.77. The number of benzene rings is 1. The van der Waals surface area contributed by atoms with E-state index >= 15 is 0 Å². The van der Waals surface area contributed by atoms with Crippen molar-refractivity contribution in [2.75, 3.05) is 6.26 Å². The summed E-state index contributed by atoms with van der Waals surface area (Å²) in [4.78, 5) is 4.44. The number of halogens is 1. The SMILES string of the molecule is CSc1ccc2cc(Cl)ccc2n1. The zero-order valence-electron chi connectivity index (χ0n) is 7.12. The standard InChI is InChI=1S/C10H8ClNS/c1-13-10-5-2-7-6-8(11)3-4-9(7)12-10/h2-6H,1H3. The third kappa shape index (κ3) is 1.79. The Balaban J connectivity index is 2.66. The number of hydrogen-bond acceptors (Lipinski definition) is 2. The molecule has 0 amide bonds. The highest BCUT2D eigenvalue weighted by Crippen LogP contribution is 2.20. The van der Waals surface area contributed by atoms with Crippen molar-refractivity contribution in [1.82, 2.24) is 4.98 Å². The van der Waals surface area contributed by atoms with Crippen molar-refractivity contribution >= 4 is 34.3 Å². The molecule has 1 aromatic carbocycles. The Morgan fingerprint density at radius 3 is 2.85 bits per heavy atom. The largest absolute Gasteiger partial charge is 0.242 e. The van der Waals surface area contributed by atoms with E-state index in [-0.39, 0.29) is 0 Å². The topological polar surface area (TPSA) is 12.9 Å². The molecule has 0 atom stereocenters. The van der Waals surface area contributed by atoms with Crippen molar-refractivity contribution in [2.45, 2.75) is 5.03 Å². The molecular weight excluding hydrogens is 202 g/mol. The van der Waals surface area contributed by atoms with Crippen LogP contribution in [0.2, 0.25) is 5.02 Å². The summed E-state index contributed by atoms with van der Waals surface area (Å²) >= 11 is 7.50. The highest BCUT2D eigenvalue weighted by molar-refractivity contribution is 7.98. The minimum Gasteiger partial charge on any atom is -0.242 e. The summed E-state index contributed by atoms with van der Waals surface area (Å²) in [5.74, 6) is 0. The monoisotopic (exact) mass is 209 g/mol. The number of aromatic nitrogens is 1. The molecule has 13 heavy (non-hydrogen) atoms. The van der Waals surface area contributed by atoms with E-state index in [1.165, 1.54) is 0 Å². The maximum absolute atomic E-state index is 5.86. The van der Waals surface area contributed by atoms with Crippen molar-refractivity contribution in [3.8, 4) is 0 Å². The second kappa shape index (κ2) is 3.56. The lowest BCUT2D eigenvalue weighted by Gasteiger charge is -1.99. The quantitative estimate of drug-likeness (QED) is 0.666. The molecular formula is C10H8ClNS. The van der Waals surface area contributed by atoms with E-state index < -0.39 is 0 Å². The van der Waals surface area contributed by atoms with Gasteiger partial charge in [-0.05, 0) is 30.5 Å². The zero-order valence-corrected chi connectivity index (χ0v) is 8.69. The van der Waals surface area contributed by atoms with Crippen LogP contribution >= 0.6 is 23.4 Å². The summed E-state index contributed by atoms with van der Waals surface area (Å²) in [5, 5.41) is 2.88. The van der Waals surface area contributed by atoms with Crippen molar-refractivity contribution < 1.29 is 0 Å². The van der Waals surface area contributed by atoms with Crippen LogP contribution in [0.3, 0.4) is 0 Å². The van der Waals surface area contributed by atoms with Gasteiger partial charge in [-0.25, -0.2) is 4.98 Å². The van der Waals surface area contributed by atoms with Gasteiger partial charge in [-0.15, -0.1) is 11.8 Å². The molecule has 0 saturated heterocycles. The minimum atomic E-state index is 0.756. The third-order valence-electron chi connectivity index (χ3n) is 1.83. The van der Waals surface area contributed by atoms with Crippen LogP contribution in [-0.4, -0.2) is 11.2 Å². The fourth-order valence-corrected chi connectivity index (χ4v) is 1.77. The lowest BCUT2D eigenvalue weighted by Crippen LogP contribution is -1.81. The molecule has 0 unspecified atom stereocenters. The van der Waals surface area contributed by atoms with E-state index in [1.807, 2.05) is 36.6 Å². The van der Waals surface area contributed by atoms with Crippen LogP contribution in [-0.2, 0) is 0 Å². The molecule has 0 aliphatic heterocycles. The van der Waals surface area contributed by atoms with Crippen molar-refractivity contribution in [1.29, 1.82) is 0 Å². The molecule has 0 N–H and O–H groups in total. The lowest BCUT2D eigenvalue weighted by molar-refractivity contribution is 1.19. The molecule has 2 rings (SSSR count). The molecule has 0 radical (unpaired) electrons. The Morgan fingerprint density at radius 2 is 2.08 bits per heavy atom. The molecule has 0 bridgehead atoms. The lowest BCUT2D eigenvalue weighted by atomic mass is 10.2. The molecule has 1 aromatic heterocycles. The molecule has 3 heteroatoms. The average molecular weight is 210 g/mol. The van der Waals surface area contributed by atoms with Gasteiger partial charge in [0, 0.05) is 10.4 Å². The fraction of sp³-hybridized carbons (Fsp3) is 0.100. The first-order valence-electron chi connectivity index (χ1n) is 3.90. The average Bonchev–Trinajstić information content (AvgIpc) is 2.17. The molecule has 1 nitrogen and oxygen atoms in total. The number of pyridine rings is 1. The molecule has 0 saturated carbocycles. The fourth-order valence-electron chi connectivity index (χ4n) is 1.19. The number of fused-ring (bicyclic) bond motifs is 1. The van der Waals surface area contributed by atoms with Gasteiger partial charge in [0.15, 0.2) is 0 Å². The smallest absolute Gasteiger partial charge is 0.0964 e. The summed E-state index contributed by atoms with van der Waals surface area (Å²) in [5.41, 5.74) is 0.997. The predicted octanol–water partition coefficient (Wildman–Crippen LogP) is 3.61. The van der Waals surface area contributed by atoms with Crippen LogP contribution in [0, 0.1) is 0 Å². The van der Waals surface area contributed by atoms with Crippen molar-refractivity contribution in [2.24, 2.45) is 0 Å². The van der Waals surface area contributed by atoms with Crippen LogP contribution in [0.25, 0.3) is 10.9 Å². The number of nitrogens with zero attached hydrogens (tertiary/aromatic N) is 1. The maximum atomic E-state index is 5.86. The summed E-state index contributed by atoms with van der Waals surface area (Å²) in [6.45, 7) is 0. The van der Waals surface area contributed by atoms with E-state index in [2.05, 4.69) is 4.98 Å². The Hall–Kier alpha value is -0.730. The number of rotatable bonds is 1. The Kier molecular flexibility index (Phi) is 2.42. The normalized spacial score (nSPS) is 10.6. The molecule has 0 spiro atoms. The first-order chi connectivity index (χ1) is 6.29. The second-order valence-electron chi connectivity index (χ2n) is 2.69. The summed E-state index contributed by atoms with van der Waals surface area (Å²) < 4.78 is 0. The van der Waals surface area contributed by atoms with Crippen LogP contribution < -0.4 is 0 Å². The van der Waals surface area contributed by atoms with Gasteiger partial charge < -0.3 is 0 Å². The Labute approximate surface area is 86.1 Å². The van der Waals surface area contributed by atoms with E-state index in [1.54, 1.807) is 11.8 Å². The van der Waals surface area contributed by atoms with Crippen LogP contribution in [0.4, 0.5) is 0 Å². The second-order valence-corrected chi connectivity index (χ2v) is 3.95. The highest BCUT2D eigenvalue weighted by atomic mass is 35.5. The van der Waals surface area contributed by atoms with Gasteiger partial charge in [0.1, 0.15) is 0 Å². The summed E-state index contributed by atoms with van der Waals surface area (Å²) in [6.07, 6.45) is 2.02. The first kappa shape index (κ1) is 8.85. The Morgan fingerprint density at radius 1 is 1.23 bits per heavy atom. The zero-order chi connectivity index (χ0) is 9.26. The predicted molar refractivity (Wildman–Crippen MR) is 58.5 cm³/mol. The van der Waals surface area contributed by atoms with Crippen LogP contribution in [0.1, 0.15) is 0 Å². The van der Waals surface area contributed by atoms with Crippen molar-refractivity contribution in [3.05, 3.63) is 35.4 Å². The van der Waals surface area contributed by atoms with Gasteiger partial charge in [-0.2, -0.15) is 0 Å².